The first kappa shape index (κ1) is 27.9. The second-order valence-corrected chi connectivity index (χ2v) is 15.4. The van der Waals surface area contributed by atoms with Crippen molar-refractivity contribution < 1.29 is 13.9 Å². The highest BCUT2D eigenvalue weighted by atomic mass is 35.5. The number of hydrogen-bond donors (Lipinski definition) is 1. The molecule has 1 fully saturated rings. The quantitative estimate of drug-likeness (QED) is 0.401. The summed E-state index contributed by atoms with van der Waals surface area (Å²) in [4.78, 5) is 13.0. The van der Waals surface area contributed by atoms with E-state index in [9.17, 15) is 9.36 Å². The van der Waals surface area contributed by atoms with E-state index in [0.717, 1.165) is 34.6 Å². The Kier molecular flexibility index (Phi) is 8.59. The van der Waals surface area contributed by atoms with Crippen molar-refractivity contribution in [3.8, 4) is 11.1 Å². The lowest BCUT2D eigenvalue weighted by atomic mass is 9.99. The molecule has 0 saturated carbocycles. The Bertz CT molecular complexity index is 1100. The molecular weight excluding hydrogens is 479 g/mol. The maximum absolute atomic E-state index is 14.0. The minimum atomic E-state index is -3.03. The van der Waals surface area contributed by atoms with Gasteiger partial charge in [-0.3, -0.25) is 9.36 Å². The van der Waals surface area contributed by atoms with Crippen LogP contribution in [0, 0.1) is 12.3 Å². The Morgan fingerprint density at radius 1 is 1.06 bits per heavy atom. The van der Waals surface area contributed by atoms with E-state index >= 15 is 0 Å². The summed E-state index contributed by atoms with van der Waals surface area (Å²) in [6.45, 7) is 15.9. The maximum Gasteiger partial charge on any atom is 0.277 e. The predicted octanol–water partition coefficient (Wildman–Crippen LogP) is 7.56. The summed E-state index contributed by atoms with van der Waals surface area (Å²) < 4.78 is 22.2. The molecule has 0 aliphatic carbocycles. The largest absolute Gasteiger partial charge is 0.349 e. The Hall–Kier alpha value is -1.65. The molecule has 0 bridgehead atoms. The topological polar surface area (TPSA) is 58.6 Å². The number of piperidine rings is 1. The molecule has 1 saturated heterocycles. The summed E-state index contributed by atoms with van der Waals surface area (Å²) in [5, 5.41) is 3.44. The molecule has 1 atom stereocenters. The van der Waals surface area contributed by atoms with Crippen molar-refractivity contribution in [1.82, 2.24) is 9.99 Å². The average molecular weight is 519 g/mol. The van der Waals surface area contributed by atoms with Crippen LogP contribution in [0.15, 0.2) is 42.5 Å². The molecule has 7 heteroatoms. The Balaban J connectivity index is 1.65. The first-order chi connectivity index (χ1) is 16.2. The van der Waals surface area contributed by atoms with E-state index in [0.29, 0.717) is 25.3 Å². The lowest BCUT2D eigenvalue weighted by Crippen LogP contribution is -2.45. The number of amides is 1. The van der Waals surface area contributed by atoms with Crippen molar-refractivity contribution in [2.45, 2.75) is 72.5 Å². The number of carbonyl (C=O) groups is 1. The van der Waals surface area contributed by atoms with Gasteiger partial charge in [0.2, 0.25) is 0 Å². The van der Waals surface area contributed by atoms with Gasteiger partial charge in [-0.05, 0) is 86.9 Å². The van der Waals surface area contributed by atoms with Crippen LogP contribution in [0.3, 0.4) is 0 Å². The van der Waals surface area contributed by atoms with E-state index in [2.05, 4.69) is 26.1 Å². The molecule has 0 spiro atoms. The van der Waals surface area contributed by atoms with E-state index in [4.69, 9.17) is 16.1 Å². The van der Waals surface area contributed by atoms with E-state index < -0.39 is 12.7 Å². The normalized spacial score (nSPS) is 17.7. The molecule has 1 unspecified atom stereocenters. The Morgan fingerprint density at radius 2 is 1.69 bits per heavy atom. The highest BCUT2D eigenvalue weighted by molar-refractivity contribution is 7.58. The van der Waals surface area contributed by atoms with Gasteiger partial charge in [0, 0.05) is 29.7 Å². The van der Waals surface area contributed by atoms with Crippen LogP contribution in [0.25, 0.3) is 11.1 Å². The van der Waals surface area contributed by atoms with E-state index in [1.54, 1.807) is 0 Å². The van der Waals surface area contributed by atoms with Crippen LogP contribution in [0.5, 0.6) is 0 Å². The number of hydrogen-bond acceptors (Lipinski definition) is 3. The van der Waals surface area contributed by atoms with Crippen LogP contribution in [-0.4, -0.2) is 41.5 Å². The molecule has 192 valence electrons. The minimum absolute atomic E-state index is 0.0382. The number of halogens is 1. The van der Waals surface area contributed by atoms with Crippen LogP contribution in [0.2, 0.25) is 5.02 Å². The number of nitrogens with one attached hydrogen (secondary N) is 1. The predicted molar refractivity (Wildman–Crippen MR) is 146 cm³/mol. The second-order valence-electron chi connectivity index (χ2n) is 11.8. The second kappa shape index (κ2) is 10.8. The van der Waals surface area contributed by atoms with Gasteiger partial charge in [-0.2, -0.15) is 0 Å². The van der Waals surface area contributed by atoms with E-state index in [1.807, 2.05) is 74.8 Å². The Labute approximate surface area is 216 Å². The summed E-state index contributed by atoms with van der Waals surface area (Å²) in [6.07, 6.45) is 1.47. The van der Waals surface area contributed by atoms with E-state index in [-0.39, 0.29) is 17.4 Å². The first-order valence-electron chi connectivity index (χ1n) is 12.4. The molecule has 1 heterocycles. The average Bonchev–Trinajstić information content (AvgIpc) is 2.78. The SMILES string of the molecule is Cc1cc(-c2cccc(C(=O)NC3CCN(P(=O)(OCC(C)(C)C)C(C)(C)C)CC3)c2)ccc1Cl. The molecule has 0 aromatic heterocycles. The lowest BCUT2D eigenvalue weighted by Gasteiger charge is -2.43. The van der Waals surface area contributed by atoms with Gasteiger partial charge >= 0.3 is 0 Å². The molecule has 2 aromatic rings. The zero-order valence-corrected chi connectivity index (χ0v) is 23.8. The van der Waals surface area contributed by atoms with Gasteiger partial charge in [0.05, 0.1) is 11.8 Å². The zero-order valence-electron chi connectivity index (χ0n) is 22.2. The van der Waals surface area contributed by atoms with Crippen LogP contribution < -0.4 is 5.32 Å². The highest BCUT2D eigenvalue weighted by Crippen LogP contribution is 2.62. The standard InChI is InChI=1S/C28H40ClN2O3P/c1-20-17-22(11-12-25(20)29)21-9-8-10-23(18-21)26(32)30-24-13-15-31(16-14-24)35(33,28(5,6)7)34-19-27(2,3)4/h8-12,17-18,24H,13-16,19H2,1-7H3,(H,30,32). The Morgan fingerprint density at radius 3 is 2.26 bits per heavy atom. The van der Waals surface area contributed by atoms with Gasteiger partial charge < -0.3 is 9.84 Å². The molecule has 0 radical (unpaired) electrons. The minimum Gasteiger partial charge on any atom is -0.349 e. The summed E-state index contributed by atoms with van der Waals surface area (Å²) in [7, 11) is -3.03. The van der Waals surface area contributed by atoms with Crippen molar-refractivity contribution in [2.24, 2.45) is 5.41 Å². The molecule has 1 N–H and O–H groups in total. The number of nitrogens with zero attached hydrogens (tertiary/aromatic N) is 1. The number of carbonyl (C=O) groups excluding carboxylic acids is 1. The highest BCUT2D eigenvalue weighted by Gasteiger charge is 2.45. The zero-order chi connectivity index (χ0) is 26.0. The monoisotopic (exact) mass is 518 g/mol. The number of rotatable bonds is 6. The van der Waals surface area contributed by atoms with Crippen molar-refractivity contribution in [1.29, 1.82) is 0 Å². The molecule has 1 amide bonds. The van der Waals surface area contributed by atoms with Crippen LogP contribution in [0.4, 0.5) is 0 Å². The van der Waals surface area contributed by atoms with Gasteiger partial charge in [0.25, 0.3) is 13.4 Å². The van der Waals surface area contributed by atoms with Crippen LogP contribution >= 0.6 is 19.1 Å². The molecule has 1 aliphatic rings. The van der Waals surface area contributed by atoms with Gasteiger partial charge in [0.15, 0.2) is 0 Å². The summed E-state index contributed by atoms with van der Waals surface area (Å²) in [5.74, 6) is -0.0843. The maximum atomic E-state index is 14.0. The van der Waals surface area contributed by atoms with Crippen molar-refractivity contribution in [2.75, 3.05) is 19.7 Å². The van der Waals surface area contributed by atoms with Crippen LogP contribution in [0.1, 0.15) is 70.3 Å². The van der Waals surface area contributed by atoms with Crippen molar-refractivity contribution in [3.63, 3.8) is 0 Å². The van der Waals surface area contributed by atoms with Crippen LogP contribution in [-0.2, 0) is 9.09 Å². The van der Waals surface area contributed by atoms with Gasteiger partial charge in [-0.25, -0.2) is 4.67 Å². The van der Waals surface area contributed by atoms with Gasteiger partial charge in [-0.1, -0.05) is 50.6 Å². The smallest absolute Gasteiger partial charge is 0.277 e. The molecule has 5 nitrogen and oxygen atoms in total. The third-order valence-electron chi connectivity index (χ3n) is 6.32. The number of benzene rings is 2. The fraction of sp³-hybridized carbons (Fsp3) is 0.536. The molecule has 35 heavy (non-hydrogen) atoms. The van der Waals surface area contributed by atoms with Gasteiger partial charge in [-0.15, -0.1) is 0 Å². The summed E-state index contributed by atoms with van der Waals surface area (Å²) in [6, 6.07) is 13.6. The fourth-order valence-electron chi connectivity index (χ4n) is 4.19. The fourth-order valence-corrected chi connectivity index (χ4v) is 7.02. The third-order valence-corrected chi connectivity index (χ3v) is 10.1. The summed E-state index contributed by atoms with van der Waals surface area (Å²) in [5.41, 5.74) is 3.58. The number of aryl methyl sites for hydroxylation is 1. The first-order valence-corrected chi connectivity index (χ1v) is 14.3. The molecular formula is C28H40ClN2O3P. The molecule has 2 aromatic carbocycles. The lowest BCUT2D eigenvalue weighted by molar-refractivity contribution is 0.0919. The van der Waals surface area contributed by atoms with Gasteiger partial charge in [0.1, 0.15) is 0 Å². The van der Waals surface area contributed by atoms with E-state index in [1.165, 1.54) is 0 Å². The molecule has 1 aliphatic heterocycles. The van der Waals surface area contributed by atoms with Crippen molar-refractivity contribution >= 4 is 25.0 Å². The summed E-state index contributed by atoms with van der Waals surface area (Å²) >= 11 is 6.17. The molecule has 3 rings (SSSR count). The third kappa shape index (κ3) is 6.98. The van der Waals surface area contributed by atoms with Crippen molar-refractivity contribution in [3.05, 3.63) is 58.6 Å².